The second-order valence-electron chi connectivity index (χ2n) is 4.54. The van der Waals surface area contributed by atoms with Crippen molar-refractivity contribution in [3.8, 4) is 0 Å². The summed E-state index contributed by atoms with van der Waals surface area (Å²) in [5, 5.41) is 9.36. The van der Waals surface area contributed by atoms with Gasteiger partial charge in [-0.25, -0.2) is 0 Å². The lowest BCUT2D eigenvalue weighted by Gasteiger charge is -2.16. The van der Waals surface area contributed by atoms with Crippen LogP contribution < -0.4 is 5.32 Å². The Hall–Kier alpha value is -2.10. The fourth-order valence-electron chi connectivity index (χ4n) is 2.04. The largest absolute Gasteiger partial charge is 0.345 e. The van der Waals surface area contributed by atoms with Crippen molar-refractivity contribution in [3.05, 3.63) is 52.8 Å². The summed E-state index contributed by atoms with van der Waals surface area (Å²) < 4.78 is 0. The second-order valence-corrected chi connectivity index (χ2v) is 4.54. The predicted molar refractivity (Wildman–Crippen MR) is 70.4 cm³/mol. The van der Waals surface area contributed by atoms with Gasteiger partial charge in [0.15, 0.2) is 0 Å². The molecule has 0 aliphatic heterocycles. The molecule has 0 aliphatic rings. The number of nitrogens with one attached hydrogen (secondary N) is 2. The Morgan fingerprint density at radius 1 is 1.39 bits per heavy atom. The molecule has 1 amide bonds. The molecule has 0 spiro atoms. The maximum absolute atomic E-state index is 11.9. The van der Waals surface area contributed by atoms with Crippen LogP contribution in [0.3, 0.4) is 0 Å². The molecule has 0 fully saturated rings. The van der Waals surface area contributed by atoms with E-state index in [-0.39, 0.29) is 11.9 Å². The fraction of sp³-hybridized carbons (Fsp3) is 0.286. The Morgan fingerprint density at radius 3 is 2.78 bits per heavy atom. The van der Waals surface area contributed by atoms with Gasteiger partial charge in [-0.1, -0.05) is 23.8 Å². The van der Waals surface area contributed by atoms with E-state index in [9.17, 15) is 4.79 Å². The second kappa shape index (κ2) is 5.04. The van der Waals surface area contributed by atoms with E-state index in [1.54, 1.807) is 6.20 Å². The molecule has 4 heteroatoms. The molecule has 1 aromatic heterocycles. The van der Waals surface area contributed by atoms with E-state index in [0.717, 1.165) is 5.56 Å². The lowest BCUT2D eigenvalue weighted by atomic mass is 10.00. The van der Waals surface area contributed by atoms with Crippen LogP contribution in [-0.2, 0) is 0 Å². The first kappa shape index (κ1) is 12.4. The van der Waals surface area contributed by atoms with Crippen molar-refractivity contribution >= 4 is 5.91 Å². The van der Waals surface area contributed by atoms with E-state index in [2.05, 4.69) is 47.6 Å². The van der Waals surface area contributed by atoms with Crippen molar-refractivity contribution in [2.24, 2.45) is 0 Å². The topological polar surface area (TPSA) is 57.8 Å². The molecule has 2 aromatic rings. The van der Waals surface area contributed by atoms with Crippen LogP contribution >= 0.6 is 0 Å². The Labute approximate surface area is 106 Å². The number of hydrogen-bond donors (Lipinski definition) is 2. The lowest BCUT2D eigenvalue weighted by molar-refractivity contribution is 0.0940. The normalized spacial score (nSPS) is 12.2. The first-order valence-corrected chi connectivity index (χ1v) is 5.94. The number of carbonyl (C=O) groups excluding carboxylic acids is 1. The minimum absolute atomic E-state index is 0.0204. The van der Waals surface area contributed by atoms with E-state index in [1.807, 2.05) is 6.92 Å². The molecule has 1 heterocycles. The van der Waals surface area contributed by atoms with Gasteiger partial charge < -0.3 is 5.32 Å². The minimum Gasteiger partial charge on any atom is -0.345 e. The summed E-state index contributed by atoms with van der Waals surface area (Å²) in [6.07, 6.45) is 3.11. The number of aromatic amines is 1. The first-order valence-electron chi connectivity index (χ1n) is 5.94. The quantitative estimate of drug-likeness (QED) is 0.870. The molecule has 94 valence electrons. The molecule has 0 aliphatic carbocycles. The summed E-state index contributed by atoms with van der Waals surface area (Å²) in [6.45, 7) is 6.10. The van der Waals surface area contributed by atoms with Crippen LogP contribution in [0.1, 0.15) is 40.0 Å². The Kier molecular flexibility index (Phi) is 3.46. The Bertz CT molecular complexity index is 546. The van der Waals surface area contributed by atoms with Gasteiger partial charge in [0.1, 0.15) is 0 Å². The summed E-state index contributed by atoms with van der Waals surface area (Å²) >= 11 is 0. The molecule has 18 heavy (non-hydrogen) atoms. The van der Waals surface area contributed by atoms with Crippen molar-refractivity contribution in [1.29, 1.82) is 0 Å². The maximum Gasteiger partial charge on any atom is 0.254 e. The average Bonchev–Trinajstić information content (AvgIpc) is 2.81. The van der Waals surface area contributed by atoms with Crippen molar-refractivity contribution < 1.29 is 4.79 Å². The van der Waals surface area contributed by atoms with Gasteiger partial charge >= 0.3 is 0 Å². The summed E-state index contributed by atoms with van der Waals surface area (Å²) in [4.78, 5) is 11.9. The Morgan fingerprint density at radius 2 is 2.17 bits per heavy atom. The molecule has 2 N–H and O–H groups in total. The highest BCUT2D eigenvalue weighted by atomic mass is 16.1. The van der Waals surface area contributed by atoms with Gasteiger partial charge in [0.2, 0.25) is 0 Å². The van der Waals surface area contributed by atoms with Gasteiger partial charge in [-0.3, -0.25) is 9.89 Å². The zero-order chi connectivity index (χ0) is 13.1. The predicted octanol–water partition coefficient (Wildman–Crippen LogP) is 2.52. The molecule has 0 saturated carbocycles. The van der Waals surface area contributed by atoms with E-state index in [0.29, 0.717) is 5.56 Å². The van der Waals surface area contributed by atoms with Crippen LogP contribution in [0.15, 0.2) is 30.6 Å². The summed E-state index contributed by atoms with van der Waals surface area (Å²) in [7, 11) is 0. The highest BCUT2D eigenvalue weighted by Crippen LogP contribution is 2.18. The number of rotatable bonds is 3. The highest BCUT2D eigenvalue weighted by molar-refractivity contribution is 5.93. The SMILES string of the molecule is Cc1ccc(C(C)NC(=O)c2cn[nH]c2)c(C)c1. The monoisotopic (exact) mass is 243 g/mol. The number of hydrogen-bond acceptors (Lipinski definition) is 2. The summed E-state index contributed by atoms with van der Waals surface area (Å²) in [5.74, 6) is -0.115. The number of carbonyl (C=O) groups is 1. The molecule has 1 unspecified atom stereocenters. The number of amides is 1. The van der Waals surface area contributed by atoms with Crippen LogP contribution in [0.4, 0.5) is 0 Å². The zero-order valence-corrected chi connectivity index (χ0v) is 10.8. The van der Waals surface area contributed by atoms with Gasteiger partial charge in [-0.15, -0.1) is 0 Å². The molecule has 2 rings (SSSR count). The molecule has 0 bridgehead atoms. The average molecular weight is 243 g/mol. The standard InChI is InChI=1S/C14H17N3O/c1-9-4-5-13(10(2)6-9)11(3)17-14(18)12-7-15-16-8-12/h4-8,11H,1-3H3,(H,15,16)(H,17,18). The molecular formula is C14H17N3O. The van der Waals surface area contributed by atoms with Crippen LogP contribution in [0, 0.1) is 13.8 Å². The van der Waals surface area contributed by atoms with Crippen molar-refractivity contribution in [2.75, 3.05) is 0 Å². The number of benzene rings is 1. The lowest BCUT2D eigenvalue weighted by Crippen LogP contribution is -2.26. The van der Waals surface area contributed by atoms with E-state index in [1.165, 1.54) is 17.3 Å². The zero-order valence-electron chi connectivity index (χ0n) is 10.8. The van der Waals surface area contributed by atoms with E-state index in [4.69, 9.17) is 0 Å². The van der Waals surface area contributed by atoms with E-state index >= 15 is 0 Å². The minimum atomic E-state index is -0.115. The number of H-pyrrole nitrogens is 1. The third kappa shape index (κ3) is 2.59. The molecular weight excluding hydrogens is 226 g/mol. The van der Waals surface area contributed by atoms with Gasteiger partial charge in [-0.2, -0.15) is 5.10 Å². The van der Waals surface area contributed by atoms with Crippen LogP contribution in [0.5, 0.6) is 0 Å². The smallest absolute Gasteiger partial charge is 0.254 e. The number of aromatic nitrogens is 2. The van der Waals surface area contributed by atoms with Crippen molar-refractivity contribution in [2.45, 2.75) is 26.8 Å². The van der Waals surface area contributed by atoms with Crippen LogP contribution in [-0.4, -0.2) is 16.1 Å². The maximum atomic E-state index is 11.9. The van der Waals surface area contributed by atoms with Crippen LogP contribution in [0.2, 0.25) is 0 Å². The molecule has 4 nitrogen and oxygen atoms in total. The Balaban J connectivity index is 2.12. The molecule has 1 aromatic carbocycles. The number of nitrogens with zero attached hydrogens (tertiary/aromatic N) is 1. The van der Waals surface area contributed by atoms with Gasteiger partial charge in [0.25, 0.3) is 5.91 Å². The van der Waals surface area contributed by atoms with Crippen LogP contribution in [0.25, 0.3) is 0 Å². The fourth-order valence-corrected chi connectivity index (χ4v) is 2.04. The summed E-state index contributed by atoms with van der Waals surface area (Å²) in [6, 6.07) is 6.22. The van der Waals surface area contributed by atoms with Gasteiger partial charge in [-0.05, 0) is 31.9 Å². The number of aryl methyl sites for hydroxylation is 2. The summed E-state index contributed by atoms with van der Waals surface area (Å²) in [5.41, 5.74) is 4.10. The molecule has 0 radical (unpaired) electrons. The first-order chi connectivity index (χ1) is 8.58. The molecule has 0 saturated heterocycles. The van der Waals surface area contributed by atoms with Gasteiger partial charge in [0.05, 0.1) is 17.8 Å². The third-order valence-corrected chi connectivity index (χ3v) is 3.00. The van der Waals surface area contributed by atoms with Crippen molar-refractivity contribution in [3.63, 3.8) is 0 Å². The van der Waals surface area contributed by atoms with E-state index < -0.39 is 0 Å². The third-order valence-electron chi connectivity index (χ3n) is 3.00. The van der Waals surface area contributed by atoms with Gasteiger partial charge in [0, 0.05) is 6.20 Å². The van der Waals surface area contributed by atoms with Crippen molar-refractivity contribution in [1.82, 2.24) is 15.5 Å². The molecule has 1 atom stereocenters. The highest BCUT2D eigenvalue weighted by Gasteiger charge is 2.13.